The second kappa shape index (κ2) is 3.03. The molecule has 0 radical (unpaired) electrons. The van der Waals surface area contributed by atoms with Gasteiger partial charge in [-0.05, 0) is 25.8 Å². The predicted octanol–water partition coefficient (Wildman–Crippen LogP) is 2.46. The van der Waals surface area contributed by atoms with E-state index >= 15 is 0 Å². The Morgan fingerprint density at radius 1 is 1.50 bits per heavy atom. The molecule has 3 heteroatoms. The maximum atomic E-state index is 13.4. The third-order valence-corrected chi connectivity index (χ3v) is 2.61. The number of nitrogens with zero attached hydrogens (tertiary/aromatic N) is 1. The predicted molar refractivity (Wildman–Crippen MR) is 50.2 cm³/mol. The highest BCUT2D eigenvalue weighted by Gasteiger charge is 2.46. The molecule has 2 rings (SSSR count). The maximum Gasteiger partial charge on any atom is 0.235 e. The van der Waals surface area contributed by atoms with Gasteiger partial charge in [0.2, 0.25) is 6.08 Å². The molecule has 0 heterocycles. The third-order valence-electron chi connectivity index (χ3n) is 2.61. The number of halogens is 1. The van der Waals surface area contributed by atoms with Crippen molar-refractivity contribution < 1.29 is 9.18 Å². The normalized spacial score (nSPS) is 17.3. The lowest BCUT2D eigenvalue weighted by molar-refractivity contribution is 0.547. The van der Waals surface area contributed by atoms with E-state index in [9.17, 15) is 9.18 Å². The second-order valence-corrected chi connectivity index (χ2v) is 3.72. The van der Waals surface area contributed by atoms with Crippen LogP contribution < -0.4 is 0 Å². The van der Waals surface area contributed by atoms with Crippen molar-refractivity contribution in [1.82, 2.24) is 0 Å². The lowest BCUT2D eigenvalue weighted by atomic mass is 10.0. The van der Waals surface area contributed by atoms with E-state index in [2.05, 4.69) is 4.99 Å². The zero-order valence-corrected chi connectivity index (χ0v) is 7.88. The molecule has 0 saturated heterocycles. The quantitative estimate of drug-likeness (QED) is 0.521. The molecular formula is C11H10FNO. The Balaban J connectivity index is 2.50. The fourth-order valence-corrected chi connectivity index (χ4v) is 1.64. The van der Waals surface area contributed by atoms with Crippen LogP contribution in [-0.4, -0.2) is 6.08 Å². The fraction of sp³-hybridized carbons (Fsp3) is 0.364. The summed E-state index contributed by atoms with van der Waals surface area (Å²) in [6.45, 7) is 1.89. The molecule has 0 atom stereocenters. The first kappa shape index (κ1) is 9.10. The monoisotopic (exact) mass is 191 g/mol. The van der Waals surface area contributed by atoms with Crippen LogP contribution in [0.5, 0.6) is 0 Å². The molecule has 0 amide bonds. The summed E-state index contributed by atoms with van der Waals surface area (Å²) in [6, 6.07) is 4.88. The summed E-state index contributed by atoms with van der Waals surface area (Å²) in [5.41, 5.74) is 0.910. The maximum absolute atomic E-state index is 13.4. The second-order valence-electron chi connectivity index (χ2n) is 3.72. The minimum absolute atomic E-state index is 0.285. The smallest absolute Gasteiger partial charge is 0.211 e. The van der Waals surface area contributed by atoms with Gasteiger partial charge in [0.15, 0.2) is 0 Å². The van der Waals surface area contributed by atoms with Crippen LogP contribution >= 0.6 is 0 Å². The van der Waals surface area contributed by atoms with E-state index in [4.69, 9.17) is 0 Å². The van der Waals surface area contributed by atoms with Crippen LogP contribution in [0.3, 0.4) is 0 Å². The average molecular weight is 191 g/mol. The molecule has 0 aliphatic heterocycles. The summed E-state index contributed by atoms with van der Waals surface area (Å²) >= 11 is 0. The molecule has 0 aromatic heterocycles. The fourth-order valence-electron chi connectivity index (χ4n) is 1.64. The van der Waals surface area contributed by atoms with Crippen LogP contribution in [0.2, 0.25) is 0 Å². The van der Waals surface area contributed by atoms with Crippen molar-refractivity contribution in [2.45, 2.75) is 25.3 Å². The van der Waals surface area contributed by atoms with E-state index < -0.39 is 5.54 Å². The Morgan fingerprint density at radius 3 is 2.79 bits per heavy atom. The van der Waals surface area contributed by atoms with Crippen molar-refractivity contribution in [3.8, 4) is 0 Å². The van der Waals surface area contributed by atoms with Crippen LogP contribution in [0, 0.1) is 12.7 Å². The number of rotatable bonds is 2. The molecule has 1 fully saturated rings. The molecule has 2 nitrogen and oxygen atoms in total. The van der Waals surface area contributed by atoms with E-state index in [-0.39, 0.29) is 5.82 Å². The van der Waals surface area contributed by atoms with E-state index in [1.54, 1.807) is 12.1 Å². The van der Waals surface area contributed by atoms with Crippen LogP contribution in [0.25, 0.3) is 0 Å². The topological polar surface area (TPSA) is 29.4 Å². The molecular weight excluding hydrogens is 181 g/mol. The summed E-state index contributed by atoms with van der Waals surface area (Å²) in [6.07, 6.45) is 3.00. The van der Waals surface area contributed by atoms with Gasteiger partial charge in [-0.15, -0.1) is 0 Å². The van der Waals surface area contributed by atoms with Gasteiger partial charge in [0.1, 0.15) is 11.4 Å². The number of hydrogen-bond acceptors (Lipinski definition) is 2. The molecule has 72 valence electrons. The van der Waals surface area contributed by atoms with Gasteiger partial charge in [-0.25, -0.2) is 9.18 Å². The Kier molecular flexibility index (Phi) is 1.97. The van der Waals surface area contributed by atoms with E-state index in [1.807, 2.05) is 6.92 Å². The molecule has 0 bridgehead atoms. The van der Waals surface area contributed by atoms with Gasteiger partial charge in [0.25, 0.3) is 0 Å². The number of aliphatic imine (C=N–C) groups is 1. The molecule has 0 unspecified atom stereocenters. The number of aryl methyl sites for hydroxylation is 1. The molecule has 1 aromatic rings. The van der Waals surface area contributed by atoms with E-state index in [0.29, 0.717) is 5.56 Å². The van der Waals surface area contributed by atoms with Crippen molar-refractivity contribution in [3.63, 3.8) is 0 Å². The van der Waals surface area contributed by atoms with Gasteiger partial charge in [0, 0.05) is 5.56 Å². The molecule has 0 N–H and O–H groups in total. The van der Waals surface area contributed by atoms with Gasteiger partial charge in [-0.3, -0.25) is 0 Å². The Labute approximate surface area is 81.5 Å². The summed E-state index contributed by atoms with van der Waals surface area (Å²) in [4.78, 5) is 13.9. The SMILES string of the molecule is Cc1ccc(F)c(C2(N=C=O)CC2)c1. The third kappa shape index (κ3) is 1.36. The van der Waals surface area contributed by atoms with Crippen molar-refractivity contribution >= 4 is 6.08 Å². The van der Waals surface area contributed by atoms with Gasteiger partial charge < -0.3 is 0 Å². The van der Waals surface area contributed by atoms with Gasteiger partial charge in [-0.2, -0.15) is 4.99 Å². The van der Waals surface area contributed by atoms with Crippen molar-refractivity contribution in [2.24, 2.45) is 4.99 Å². The first-order valence-electron chi connectivity index (χ1n) is 4.54. The summed E-state index contributed by atoms with van der Waals surface area (Å²) in [5, 5.41) is 0. The van der Waals surface area contributed by atoms with Gasteiger partial charge >= 0.3 is 0 Å². The van der Waals surface area contributed by atoms with Crippen LogP contribution in [0.4, 0.5) is 4.39 Å². The Morgan fingerprint density at radius 2 is 2.21 bits per heavy atom. The zero-order valence-electron chi connectivity index (χ0n) is 7.88. The lowest BCUT2D eigenvalue weighted by Crippen LogP contribution is -2.05. The minimum Gasteiger partial charge on any atom is -0.211 e. The molecule has 1 saturated carbocycles. The lowest BCUT2D eigenvalue weighted by Gasteiger charge is -2.09. The Hall–Kier alpha value is -1.47. The molecule has 0 spiro atoms. The van der Waals surface area contributed by atoms with Gasteiger partial charge in [0.05, 0.1) is 0 Å². The highest BCUT2D eigenvalue weighted by atomic mass is 19.1. The zero-order chi connectivity index (χ0) is 10.2. The van der Waals surface area contributed by atoms with Crippen LogP contribution in [0.1, 0.15) is 24.0 Å². The van der Waals surface area contributed by atoms with Crippen molar-refractivity contribution in [1.29, 1.82) is 0 Å². The van der Waals surface area contributed by atoms with Crippen molar-refractivity contribution in [2.75, 3.05) is 0 Å². The Bertz CT molecular complexity index is 417. The van der Waals surface area contributed by atoms with E-state index in [1.165, 1.54) is 12.1 Å². The molecule has 1 aliphatic carbocycles. The van der Waals surface area contributed by atoms with Gasteiger partial charge in [-0.1, -0.05) is 17.7 Å². The number of isocyanates is 1. The van der Waals surface area contributed by atoms with E-state index in [0.717, 1.165) is 18.4 Å². The minimum atomic E-state index is -0.599. The molecule has 14 heavy (non-hydrogen) atoms. The van der Waals surface area contributed by atoms with Crippen molar-refractivity contribution in [3.05, 3.63) is 35.1 Å². The first-order chi connectivity index (χ1) is 6.68. The highest BCUT2D eigenvalue weighted by molar-refractivity contribution is 5.42. The summed E-state index contributed by atoms with van der Waals surface area (Å²) in [5.74, 6) is -0.285. The average Bonchev–Trinajstić information content (AvgIpc) is 2.91. The largest absolute Gasteiger partial charge is 0.235 e. The first-order valence-corrected chi connectivity index (χ1v) is 4.54. The summed E-state index contributed by atoms with van der Waals surface area (Å²) < 4.78 is 13.4. The van der Waals surface area contributed by atoms with Crippen LogP contribution in [-0.2, 0) is 10.3 Å². The number of hydrogen-bond donors (Lipinski definition) is 0. The number of benzene rings is 1. The summed E-state index contributed by atoms with van der Waals surface area (Å²) in [7, 11) is 0. The highest BCUT2D eigenvalue weighted by Crippen LogP contribution is 2.50. The van der Waals surface area contributed by atoms with Crippen LogP contribution in [0.15, 0.2) is 23.2 Å². The molecule has 1 aromatic carbocycles. The number of carbonyl (C=O) groups excluding carboxylic acids is 1. The molecule has 1 aliphatic rings. The standard InChI is InChI=1S/C11H10FNO/c1-8-2-3-10(12)9(6-8)11(4-5-11)13-7-14/h2-3,6H,4-5H2,1H3.